The fraction of sp³-hybridized carbons (Fsp3) is 0.273. The molecule has 34 heavy (non-hydrogen) atoms. The van der Waals surface area contributed by atoms with Crippen LogP contribution < -0.4 is 5.32 Å². The first-order valence-corrected chi connectivity index (χ1v) is 10.4. The second-order valence-electron chi connectivity index (χ2n) is 7.86. The number of carbonyl (C=O) groups excluding carboxylic acids is 1. The van der Waals surface area contributed by atoms with Crippen molar-refractivity contribution in [3.05, 3.63) is 60.9 Å². The van der Waals surface area contributed by atoms with E-state index < -0.39 is 24.8 Å². The molecule has 4 aromatic heterocycles. The number of anilines is 1. The van der Waals surface area contributed by atoms with Crippen molar-refractivity contribution in [2.75, 3.05) is 11.9 Å². The van der Waals surface area contributed by atoms with Crippen molar-refractivity contribution >= 4 is 11.6 Å². The van der Waals surface area contributed by atoms with Gasteiger partial charge in [-0.15, -0.1) is 0 Å². The molecule has 1 fully saturated rings. The van der Waals surface area contributed by atoms with Crippen molar-refractivity contribution < 1.29 is 27.1 Å². The SMILES string of the molecule is O=C(Nc1cn([C@H]2C[C@H](OCC(F)(F)F)C2)nc1-c1ccccn1)c1ccc(-c2cn[nH]c2)o1. The van der Waals surface area contributed by atoms with E-state index >= 15 is 0 Å². The van der Waals surface area contributed by atoms with Crippen molar-refractivity contribution in [2.45, 2.75) is 31.2 Å². The standard InChI is InChI=1S/C22H19F3N6O3/c23-22(24,25)12-33-15-7-14(8-15)31-11-17(20(30-31)16-3-1-2-6-26-16)29-21(32)19-5-4-18(34-19)13-9-27-28-10-13/h1-6,9-11,14-15H,7-8,12H2,(H,27,28)(H,29,32)/t14-,15-. The largest absolute Gasteiger partial charge is 0.451 e. The minimum Gasteiger partial charge on any atom is -0.451 e. The molecule has 0 atom stereocenters. The molecule has 1 aliphatic carbocycles. The number of ether oxygens (including phenoxy) is 1. The van der Waals surface area contributed by atoms with Gasteiger partial charge in [0.2, 0.25) is 0 Å². The summed E-state index contributed by atoms with van der Waals surface area (Å²) in [5.41, 5.74) is 2.09. The molecule has 1 amide bonds. The summed E-state index contributed by atoms with van der Waals surface area (Å²) in [7, 11) is 0. The summed E-state index contributed by atoms with van der Waals surface area (Å²) < 4.78 is 49.3. The molecule has 4 aromatic rings. The molecule has 0 spiro atoms. The lowest BCUT2D eigenvalue weighted by atomic mass is 9.89. The van der Waals surface area contributed by atoms with Gasteiger partial charge in [0.15, 0.2) is 5.76 Å². The second kappa shape index (κ2) is 8.78. The predicted molar refractivity (Wildman–Crippen MR) is 114 cm³/mol. The van der Waals surface area contributed by atoms with Crippen LogP contribution in [0.25, 0.3) is 22.7 Å². The van der Waals surface area contributed by atoms with Gasteiger partial charge < -0.3 is 14.5 Å². The summed E-state index contributed by atoms with van der Waals surface area (Å²) in [6.45, 7) is -1.27. The molecule has 0 aromatic carbocycles. The van der Waals surface area contributed by atoms with Gasteiger partial charge in [-0.2, -0.15) is 23.4 Å². The Labute approximate surface area is 190 Å². The molecule has 0 radical (unpaired) electrons. The number of hydrogen-bond donors (Lipinski definition) is 2. The summed E-state index contributed by atoms with van der Waals surface area (Å²) in [4.78, 5) is 17.2. The van der Waals surface area contributed by atoms with E-state index in [0.717, 1.165) is 0 Å². The van der Waals surface area contributed by atoms with Crippen LogP contribution >= 0.6 is 0 Å². The maximum atomic E-state index is 12.9. The van der Waals surface area contributed by atoms with E-state index in [1.807, 2.05) is 0 Å². The molecule has 9 nitrogen and oxygen atoms in total. The number of furan rings is 1. The third-order valence-electron chi connectivity index (χ3n) is 5.43. The highest BCUT2D eigenvalue weighted by Gasteiger charge is 2.36. The molecule has 0 bridgehead atoms. The number of nitrogens with zero attached hydrogens (tertiary/aromatic N) is 4. The normalized spacial score (nSPS) is 18.0. The smallest absolute Gasteiger partial charge is 0.411 e. The van der Waals surface area contributed by atoms with E-state index in [2.05, 4.69) is 25.6 Å². The van der Waals surface area contributed by atoms with Crippen LogP contribution in [0.2, 0.25) is 0 Å². The van der Waals surface area contributed by atoms with E-state index in [4.69, 9.17) is 9.15 Å². The van der Waals surface area contributed by atoms with Crippen LogP contribution in [0.4, 0.5) is 18.9 Å². The minimum absolute atomic E-state index is 0.0974. The summed E-state index contributed by atoms with van der Waals surface area (Å²) in [5, 5.41) is 13.9. The summed E-state index contributed by atoms with van der Waals surface area (Å²) in [5.74, 6) is 0.102. The van der Waals surface area contributed by atoms with Gasteiger partial charge in [-0.25, -0.2) is 0 Å². The fourth-order valence-electron chi connectivity index (χ4n) is 3.65. The lowest BCUT2D eigenvalue weighted by Crippen LogP contribution is -2.36. The van der Waals surface area contributed by atoms with Gasteiger partial charge in [0.25, 0.3) is 5.91 Å². The predicted octanol–water partition coefficient (Wildman–Crippen LogP) is 4.46. The number of H-pyrrole nitrogens is 1. The van der Waals surface area contributed by atoms with Crippen molar-refractivity contribution in [3.63, 3.8) is 0 Å². The lowest BCUT2D eigenvalue weighted by Gasteiger charge is -2.35. The molecule has 12 heteroatoms. The molecule has 4 heterocycles. The number of alkyl halides is 3. The number of rotatable bonds is 7. The first-order valence-electron chi connectivity index (χ1n) is 10.4. The number of pyridine rings is 1. The summed E-state index contributed by atoms with van der Waals surface area (Å²) in [6, 6.07) is 8.37. The number of aromatic amines is 1. The van der Waals surface area contributed by atoms with E-state index in [-0.39, 0.29) is 11.8 Å². The highest BCUT2D eigenvalue weighted by molar-refractivity contribution is 6.04. The zero-order chi connectivity index (χ0) is 23.7. The summed E-state index contributed by atoms with van der Waals surface area (Å²) >= 11 is 0. The highest BCUT2D eigenvalue weighted by atomic mass is 19.4. The van der Waals surface area contributed by atoms with Gasteiger partial charge in [0.1, 0.15) is 18.1 Å². The van der Waals surface area contributed by atoms with Crippen LogP contribution in [-0.4, -0.2) is 49.8 Å². The van der Waals surface area contributed by atoms with E-state index in [9.17, 15) is 18.0 Å². The van der Waals surface area contributed by atoms with Crippen molar-refractivity contribution in [1.29, 1.82) is 0 Å². The lowest BCUT2D eigenvalue weighted by molar-refractivity contribution is -0.196. The van der Waals surface area contributed by atoms with Crippen LogP contribution in [0.5, 0.6) is 0 Å². The maximum Gasteiger partial charge on any atom is 0.411 e. The van der Waals surface area contributed by atoms with Crippen LogP contribution in [0.3, 0.4) is 0 Å². The Balaban J connectivity index is 1.33. The quantitative estimate of drug-likeness (QED) is 0.411. The molecule has 5 rings (SSSR count). The van der Waals surface area contributed by atoms with Gasteiger partial charge in [-0.3, -0.25) is 19.6 Å². The van der Waals surface area contributed by atoms with Gasteiger partial charge in [0.05, 0.1) is 35.3 Å². The number of amides is 1. The monoisotopic (exact) mass is 472 g/mol. The van der Waals surface area contributed by atoms with Gasteiger partial charge in [0, 0.05) is 18.6 Å². The topological polar surface area (TPSA) is 111 Å². The Kier molecular flexibility index (Phi) is 5.65. The maximum absolute atomic E-state index is 12.9. The third-order valence-corrected chi connectivity index (χ3v) is 5.43. The first kappa shape index (κ1) is 21.9. The van der Waals surface area contributed by atoms with Crippen LogP contribution in [-0.2, 0) is 4.74 Å². The minimum atomic E-state index is -4.36. The van der Waals surface area contributed by atoms with Gasteiger partial charge >= 0.3 is 6.18 Å². The Hall–Kier alpha value is -3.93. The molecule has 0 saturated heterocycles. The second-order valence-corrected chi connectivity index (χ2v) is 7.86. The molecule has 2 N–H and O–H groups in total. The van der Waals surface area contributed by atoms with Crippen LogP contribution in [0, 0.1) is 0 Å². The molecule has 1 saturated carbocycles. The van der Waals surface area contributed by atoms with E-state index in [0.29, 0.717) is 41.2 Å². The Morgan fingerprint density at radius 3 is 2.82 bits per heavy atom. The Bertz CT molecular complexity index is 1260. The zero-order valence-electron chi connectivity index (χ0n) is 17.6. The summed E-state index contributed by atoms with van der Waals surface area (Å²) in [6.07, 6.45) is 2.40. The van der Waals surface area contributed by atoms with Crippen molar-refractivity contribution in [3.8, 4) is 22.7 Å². The molecule has 1 aliphatic rings. The molecular weight excluding hydrogens is 453 g/mol. The number of halogens is 3. The Morgan fingerprint density at radius 2 is 2.12 bits per heavy atom. The first-order chi connectivity index (χ1) is 16.4. The zero-order valence-corrected chi connectivity index (χ0v) is 17.6. The average molecular weight is 472 g/mol. The highest BCUT2D eigenvalue weighted by Crippen LogP contribution is 2.37. The Morgan fingerprint density at radius 1 is 1.26 bits per heavy atom. The van der Waals surface area contributed by atoms with E-state index in [1.165, 1.54) is 0 Å². The van der Waals surface area contributed by atoms with E-state index in [1.54, 1.807) is 59.8 Å². The van der Waals surface area contributed by atoms with Crippen LogP contribution in [0.1, 0.15) is 29.4 Å². The van der Waals surface area contributed by atoms with Crippen molar-refractivity contribution in [2.24, 2.45) is 0 Å². The van der Waals surface area contributed by atoms with Crippen molar-refractivity contribution in [1.82, 2.24) is 25.0 Å². The number of carbonyl (C=O) groups is 1. The molecule has 0 aliphatic heterocycles. The third kappa shape index (κ3) is 4.71. The number of aromatic nitrogens is 5. The van der Waals surface area contributed by atoms with Gasteiger partial charge in [-0.1, -0.05) is 6.07 Å². The molecule has 0 unspecified atom stereocenters. The molecule has 176 valence electrons. The number of hydrogen-bond acceptors (Lipinski definition) is 6. The van der Waals surface area contributed by atoms with Crippen LogP contribution in [0.15, 0.2) is 59.5 Å². The molecular formula is C22H19F3N6O3. The average Bonchev–Trinajstić information content (AvgIpc) is 3.53. The number of nitrogens with one attached hydrogen (secondary N) is 2. The van der Waals surface area contributed by atoms with Gasteiger partial charge in [-0.05, 0) is 37.1 Å². The fourth-order valence-corrected chi connectivity index (χ4v) is 3.65.